The molecule has 0 saturated carbocycles. The number of hydrogen-bond acceptors (Lipinski definition) is 0. The molecule has 0 nitrogen and oxygen atoms in total. The number of halogens is 4. The van der Waals surface area contributed by atoms with Gasteiger partial charge in [-0.15, -0.1) is 0 Å². The highest BCUT2D eigenvalue weighted by Gasteiger charge is 2.29. The fraction of sp³-hybridized carbons (Fsp3) is 0.333. The molecule has 0 aliphatic heterocycles. The van der Waals surface area contributed by atoms with Crippen molar-refractivity contribution in [1.29, 1.82) is 0 Å². The minimum Gasteiger partial charge on any atom is -0.171 e. The predicted octanol–water partition coefficient (Wildman–Crippen LogP) is 4.85. The Hall–Kier alpha value is -0.520. The lowest BCUT2D eigenvalue weighted by Crippen LogP contribution is -2.08. The molecule has 1 rings (SSSR count). The SMILES string of the molecule is FC(F)(F)C/C(=C/CCI)c1ccccc1. The highest BCUT2D eigenvalue weighted by molar-refractivity contribution is 14.1. The molecule has 0 fully saturated rings. The third-order valence-corrected chi connectivity index (χ3v) is 2.66. The van der Waals surface area contributed by atoms with Crippen LogP contribution in [-0.4, -0.2) is 10.6 Å². The molecule has 0 amide bonds. The largest absolute Gasteiger partial charge is 0.393 e. The van der Waals surface area contributed by atoms with E-state index in [1.165, 1.54) is 0 Å². The number of alkyl halides is 4. The van der Waals surface area contributed by atoms with Crippen LogP contribution in [0.3, 0.4) is 0 Å². The first-order valence-corrected chi connectivity index (χ1v) is 6.42. The molecule has 0 radical (unpaired) electrons. The average Bonchev–Trinajstić information content (AvgIpc) is 2.24. The summed E-state index contributed by atoms with van der Waals surface area (Å²) in [5.74, 6) is 0. The Labute approximate surface area is 107 Å². The molecule has 16 heavy (non-hydrogen) atoms. The van der Waals surface area contributed by atoms with Gasteiger partial charge in [0.25, 0.3) is 0 Å². The van der Waals surface area contributed by atoms with Gasteiger partial charge in [-0.05, 0) is 17.6 Å². The van der Waals surface area contributed by atoms with Crippen molar-refractivity contribution in [2.24, 2.45) is 0 Å². The molecule has 0 spiro atoms. The van der Waals surface area contributed by atoms with Crippen molar-refractivity contribution in [3.8, 4) is 0 Å². The molecule has 88 valence electrons. The Morgan fingerprint density at radius 3 is 2.31 bits per heavy atom. The van der Waals surface area contributed by atoms with Crippen molar-refractivity contribution in [2.75, 3.05) is 4.43 Å². The van der Waals surface area contributed by atoms with Gasteiger partial charge in [0.05, 0.1) is 6.42 Å². The Morgan fingerprint density at radius 2 is 1.81 bits per heavy atom. The van der Waals surface area contributed by atoms with Gasteiger partial charge in [0.1, 0.15) is 0 Å². The van der Waals surface area contributed by atoms with E-state index in [-0.39, 0.29) is 0 Å². The summed E-state index contributed by atoms with van der Waals surface area (Å²) in [5.41, 5.74) is 1.02. The van der Waals surface area contributed by atoms with Gasteiger partial charge in [-0.25, -0.2) is 0 Å². The first-order chi connectivity index (χ1) is 7.53. The average molecular weight is 340 g/mol. The van der Waals surface area contributed by atoms with Crippen LogP contribution in [-0.2, 0) is 0 Å². The van der Waals surface area contributed by atoms with Crippen molar-refractivity contribution in [3.63, 3.8) is 0 Å². The van der Waals surface area contributed by atoms with Crippen molar-refractivity contribution in [2.45, 2.75) is 19.0 Å². The Bertz CT molecular complexity index is 341. The van der Waals surface area contributed by atoms with Gasteiger partial charge in [0.2, 0.25) is 0 Å². The second-order valence-corrected chi connectivity index (χ2v) is 4.44. The molecule has 1 aromatic rings. The first-order valence-electron chi connectivity index (χ1n) is 4.90. The van der Waals surface area contributed by atoms with Crippen LogP contribution in [0.1, 0.15) is 18.4 Å². The van der Waals surface area contributed by atoms with Crippen LogP contribution < -0.4 is 0 Å². The number of hydrogen-bond donors (Lipinski definition) is 0. The van der Waals surface area contributed by atoms with Crippen molar-refractivity contribution in [1.82, 2.24) is 0 Å². The molecule has 0 atom stereocenters. The molecular weight excluding hydrogens is 328 g/mol. The second kappa shape index (κ2) is 6.27. The van der Waals surface area contributed by atoms with Gasteiger partial charge < -0.3 is 0 Å². The quantitative estimate of drug-likeness (QED) is 0.543. The van der Waals surface area contributed by atoms with Crippen LogP contribution in [0.25, 0.3) is 5.57 Å². The van der Waals surface area contributed by atoms with E-state index < -0.39 is 12.6 Å². The first kappa shape index (κ1) is 13.5. The zero-order valence-corrected chi connectivity index (χ0v) is 10.8. The Kier molecular flexibility index (Phi) is 5.31. The number of allylic oxidation sites excluding steroid dienone is 2. The summed E-state index contributed by atoms with van der Waals surface area (Å²) in [5, 5.41) is 0. The topological polar surface area (TPSA) is 0 Å². The predicted molar refractivity (Wildman–Crippen MR) is 68.6 cm³/mol. The fourth-order valence-electron chi connectivity index (χ4n) is 1.39. The smallest absolute Gasteiger partial charge is 0.171 e. The summed E-state index contributed by atoms with van der Waals surface area (Å²) in [6.45, 7) is 0. The molecule has 0 saturated heterocycles. The number of rotatable bonds is 4. The highest BCUT2D eigenvalue weighted by atomic mass is 127. The van der Waals surface area contributed by atoms with Gasteiger partial charge in [0.15, 0.2) is 0 Å². The van der Waals surface area contributed by atoms with E-state index >= 15 is 0 Å². The second-order valence-electron chi connectivity index (χ2n) is 3.36. The standard InChI is InChI=1S/C12H12F3I/c13-12(14,15)9-11(7-4-8-16)10-5-2-1-3-6-10/h1-3,5-7H,4,8-9H2/b11-7-. The maximum absolute atomic E-state index is 12.4. The summed E-state index contributed by atoms with van der Waals surface area (Å²) in [6.07, 6.45) is -2.66. The van der Waals surface area contributed by atoms with Gasteiger partial charge in [-0.2, -0.15) is 13.2 Å². The van der Waals surface area contributed by atoms with E-state index in [9.17, 15) is 13.2 Å². The van der Waals surface area contributed by atoms with Crippen LogP contribution in [0.4, 0.5) is 13.2 Å². The maximum atomic E-state index is 12.4. The number of benzene rings is 1. The zero-order valence-electron chi connectivity index (χ0n) is 8.60. The fourth-order valence-corrected chi connectivity index (χ4v) is 1.70. The summed E-state index contributed by atoms with van der Waals surface area (Å²) < 4.78 is 38.0. The van der Waals surface area contributed by atoms with Crippen LogP contribution in [0.15, 0.2) is 36.4 Å². The normalized spacial score (nSPS) is 12.9. The van der Waals surface area contributed by atoms with Gasteiger partial charge in [-0.3, -0.25) is 0 Å². The van der Waals surface area contributed by atoms with Crippen molar-refractivity contribution >= 4 is 28.2 Å². The Balaban J connectivity index is 2.89. The van der Waals surface area contributed by atoms with Crippen molar-refractivity contribution < 1.29 is 13.2 Å². The van der Waals surface area contributed by atoms with Gasteiger partial charge >= 0.3 is 6.18 Å². The molecule has 4 heteroatoms. The van der Waals surface area contributed by atoms with E-state index in [0.717, 1.165) is 4.43 Å². The molecule has 0 aliphatic carbocycles. The van der Waals surface area contributed by atoms with E-state index in [1.807, 2.05) is 0 Å². The minimum absolute atomic E-state index is 0.366. The van der Waals surface area contributed by atoms with Crippen LogP contribution in [0.2, 0.25) is 0 Å². The summed E-state index contributed by atoms with van der Waals surface area (Å²) in [7, 11) is 0. The third kappa shape index (κ3) is 5.01. The van der Waals surface area contributed by atoms with Gasteiger partial charge in [0, 0.05) is 4.43 Å². The minimum atomic E-state index is -4.15. The molecule has 0 aromatic heterocycles. The Morgan fingerprint density at radius 1 is 1.19 bits per heavy atom. The lowest BCUT2D eigenvalue weighted by molar-refractivity contribution is -0.123. The molecule has 0 heterocycles. The van der Waals surface area contributed by atoms with Crippen molar-refractivity contribution in [3.05, 3.63) is 42.0 Å². The summed E-state index contributed by atoms with van der Waals surface area (Å²) in [6, 6.07) is 8.73. The molecule has 0 aliphatic rings. The third-order valence-electron chi connectivity index (χ3n) is 2.04. The zero-order chi connectivity index (χ0) is 12.0. The maximum Gasteiger partial charge on any atom is 0.393 e. The van der Waals surface area contributed by atoms with E-state index in [4.69, 9.17) is 0 Å². The molecule has 0 bridgehead atoms. The van der Waals surface area contributed by atoms with E-state index in [2.05, 4.69) is 22.6 Å². The van der Waals surface area contributed by atoms with Crippen LogP contribution in [0.5, 0.6) is 0 Å². The molecule has 0 unspecified atom stereocenters. The summed E-state index contributed by atoms with van der Waals surface area (Å²) in [4.78, 5) is 0. The monoisotopic (exact) mass is 340 g/mol. The highest BCUT2D eigenvalue weighted by Crippen LogP contribution is 2.30. The van der Waals surface area contributed by atoms with E-state index in [0.29, 0.717) is 17.6 Å². The van der Waals surface area contributed by atoms with Gasteiger partial charge in [-0.1, -0.05) is 59.0 Å². The van der Waals surface area contributed by atoms with Crippen LogP contribution in [0, 0.1) is 0 Å². The molecule has 1 aromatic carbocycles. The molecular formula is C12H12F3I. The van der Waals surface area contributed by atoms with Crippen LogP contribution >= 0.6 is 22.6 Å². The van der Waals surface area contributed by atoms with E-state index in [1.54, 1.807) is 36.4 Å². The lowest BCUT2D eigenvalue weighted by atomic mass is 10.0. The summed E-state index contributed by atoms with van der Waals surface area (Å²) >= 11 is 2.15. The molecule has 0 N–H and O–H groups in total. The lowest BCUT2D eigenvalue weighted by Gasteiger charge is -2.11.